The molecule has 1 atom stereocenters. The summed E-state index contributed by atoms with van der Waals surface area (Å²) in [4.78, 5) is 19.6. The van der Waals surface area contributed by atoms with Crippen molar-refractivity contribution in [2.45, 2.75) is 58.9 Å². The first-order valence-electron chi connectivity index (χ1n) is 7.35. The van der Waals surface area contributed by atoms with Crippen LogP contribution in [0.4, 0.5) is 0 Å². The number of carbonyl (C=O) groups excluding carboxylic acids is 1. The number of rotatable bonds is 5. The standard InChI is InChI=1S/C15H24N2OS/c1-4-13-15(12(3)18)19-14(16-13)8-10-17-9-6-5-7-11(17)2/h11H,4-10H2,1-3H3. The highest BCUT2D eigenvalue weighted by molar-refractivity contribution is 7.13. The van der Waals surface area contributed by atoms with E-state index in [4.69, 9.17) is 0 Å². The molecule has 1 aromatic rings. The van der Waals surface area contributed by atoms with Gasteiger partial charge >= 0.3 is 0 Å². The van der Waals surface area contributed by atoms with E-state index in [1.54, 1.807) is 18.3 Å². The molecule has 1 fully saturated rings. The van der Waals surface area contributed by atoms with Crippen molar-refractivity contribution in [3.05, 3.63) is 15.6 Å². The Morgan fingerprint density at radius 2 is 2.26 bits per heavy atom. The van der Waals surface area contributed by atoms with Crippen molar-refractivity contribution in [1.29, 1.82) is 0 Å². The number of carbonyl (C=O) groups is 1. The molecule has 0 radical (unpaired) electrons. The molecule has 0 aliphatic carbocycles. The number of piperidine rings is 1. The van der Waals surface area contributed by atoms with Crippen LogP contribution in [-0.4, -0.2) is 34.8 Å². The van der Waals surface area contributed by atoms with Crippen LogP contribution < -0.4 is 0 Å². The van der Waals surface area contributed by atoms with Crippen LogP contribution >= 0.6 is 11.3 Å². The molecule has 106 valence electrons. The van der Waals surface area contributed by atoms with Gasteiger partial charge in [-0.15, -0.1) is 11.3 Å². The fourth-order valence-corrected chi connectivity index (χ4v) is 3.79. The zero-order chi connectivity index (χ0) is 13.8. The number of nitrogens with zero attached hydrogens (tertiary/aromatic N) is 2. The maximum Gasteiger partial charge on any atom is 0.171 e. The van der Waals surface area contributed by atoms with E-state index in [0.29, 0.717) is 6.04 Å². The molecule has 3 nitrogen and oxygen atoms in total. The van der Waals surface area contributed by atoms with Gasteiger partial charge in [0, 0.05) is 25.9 Å². The predicted molar refractivity (Wildman–Crippen MR) is 80.1 cm³/mol. The molecule has 0 saturated carbocycles. The fraction of sp³-hybridized carbons (Fsp3) is 0.733. The second-order valence-electron chi connectivity index (χ2n) is 5.42. The largest absolute Gasteiger partial charge is 0.300 e. The Morgan fingerprint density at radius 1 is 1.47 bits per heavy atom. The zero-order valence-corrected chi connectivity index (χ0v) is 13.1. The number of likely N-dealkylation sites (tertiary alicyclic amines) is 1. The van der Waals surface area contributed by atoms with Gasteiger partial charge in [0.15, 0.2) is 5.78 Å². The van der Waals surface area contributed by atoms with Gasteiger partial charge < -0.3 is 4.90 Å². The second kappa shape index (κ2) is 6.62. The minimum Gasteiger partial charge on any atom is -0.300 e. The Morgan fingerprint density at radius 3 is 2.84 bits per heavy atom. The van der Waals surface area contributed by atoms with E-state index in [1.807, 2.05) is 0 Å². The Hall–Kier alpha value is -0.740. The Kier molecular flexibility index (Phi) is 5.11. The van der Waals surface area contributed by atoms with E-state index in [2.05, 4.69) is 23.7 Å². The number of aryl methyl sites for hydroxylation is 1. The first-order chi connectivity index (χ1) is 9.11. The molecule has 1 aliphatic heterocycles. The highest BCUT2D eigenvalue weighted by atomic mass is 32.1. The maximum absolute atomic E-state index is 11.6. The first-order valence-corrected chi connectivity index (χ1v) is 8.17. The van der Waals surface area contributed by atoms with Gasteiger partial charge in [-0.2, -0.15) is 0 Å². The number of hydrogen-bond acceptors (Lipinski definition) is 4. The monoisotopic (exact) mass is 280 g/mol. The minimum absolute atomic E-state index is 0.159. The van der Waals surface area contributed by atoms with Crippen LogP contribution in [0.15, 0.2) is 0 Å². The summed E-state index contributed by atoms with van der Waals surface area (Å²) in [5, 5.41) is 1.12. The highest BCUT2D eigenvalue weighted by Crippen LogP contribution is 2.22. The maximum atomic E-state index is 11.6. The molecule has 0 aromatic carbocycles. The molecule has 1 unspecified atom stereocenters. The lowest BCUT2D eigenvalue weighted by molar-refractivity contribution is 0.102. The number of aromatic nitrogens is 1. The molecule has 19 heavy (non-hydrogen) atoms. The third-order valence-electron chi connectivity index (χ3n) is 3.95. The normalized spacial score (nSPS) is 20.7. The van der Waals surface area contributed by atoms with Crippen LogP contribution in [0.5, 0.6) is 0 Å². The first kappa shape index (κ1) is 14.7. The zero-order valence-electron chi connectivity index (χ0n) is 12.2. The minimum atomic E-state index is 0.159. The summed E-state index contributed by atoms with van der Waals surface area (Å²) in [6, 6.07) is 0.701. The topological polar surface area (TPSA) is 33.2 Å². The Bertz CT molecular complexity index is 441. The van der Waals surface area contributed by atoms with Crippen LogP contribution in [0.25, 0.3) is 0 Å². The van der Waals surface area contributed by atoms with Crippen LogP contribution in [0.1, 0.15) is 60.4 Å². The van der Waals surface area contributed by atoms with Crippen molar-refractivity contribution in [3.8, 4) is 0 Å². The van der Waals surface area contributed by atoms with Crippen molar-refractivity contribution in [2.75, 3.05) is 13.1 Å². The molecule has 0 amide bonds. The Balaban J connectivity index is 1.97. The van der Waals surface area contributed by atoms with E-state index in [-0.39, 0.29) is 5.78 Å². The summed E-state index contributed by atoms with van der Waals surface area (Å²) in [5.41, 5.74) is 0.985. The smallest absolute Gasteiger partial charge is 0.171 e. The van der Waals surface area contributed by atoms with Gasteiger partial charge in [0.05, 0.1) is 15.6 Å². The molecular formula is C15H24N2OS. The van der Waals surface area contributed by atoms with Crippen molar-refractivity contribution in [3.63, 3.8) is 0 Å². The summed E-state index contributed by atoms with van der Waals surface area (Å²) < 4.78 is 0. The summed E-state index contributed by atoms with van der Waals surface area (Å²) in [6.45, 7) is 8.32. The van der Waals surface area contributed by atoms with Crippen LogP contribution in [0, 0.1) is 0 Å². The van der Waals surface area contributed by atoms with E-state index < -0.39 is 0 Å². The fourth-order valence-electron chi connectivity index (χ4n) is 2.75. The summed E-state index contributed by atoms with van der Waals surface area (Å²) in [6.07, 6.45) is 5.84. The van der Waals surface area contributed by atoms with Gasteiger partial charge in [-0.3, -0.25) is 4.79 Å². The summed E-state index contributed by atoms with van der Waals surface area (Å²) >= 11 is 1.59. The van der Waals surface area contributed by atoms with Crippen LogP contribution in [0.3, 0.4) is 0 Å². The van der Waals surface area contributed by atoms with E-state index in [9.17, 15) is 4.79 Å². The van der Waals surface area contributed by atoms with Gasteiger partial charge in [-0.25, -0.2) is 4.98 Å². The molecule has 2 rings (SSSR count). The molecule has 0 bridgehead atoms. The number of ketones is 1. The van der Waals surface area contributed by atoms with Crippen LogP contribution in [-0.2, 0) is 12.8 Å². The lowest BCUT2D eigenvalue weighted by Crippen LogP contribution is -2.38. The van der Waals surface area contributed by atoms with E-state index >= 15 is 0 Å². The van der Waals surface area contributed by atoms with Gasteiger partial charge in [0.2, 0.25) is 0 Å². The molecule has 1 saturated heterocycles. The van der Waals surface area contributed by atoms with Gasteiger partial charge in [-0.05, 0) is 32.7 Å². The average Bonchev–Trinajstić information content (AvgIpc) is 2.81. The lowest BCUT2D eigenvalue weighted by atomic mass is 10.0. The average molecular weight is 280 g/mol. The van der Waals surface area contributed by atoms with Crippen molar-refractivity contribution in [1.82, 2.24) is 9.88 Å². The van der Waals surface area contributed by atoms with E-state index in [1.165, 1.54) is 25.8 Å². The number of thiazole rings is 1. The molecule has 0 spiro atoms. The molecule has 2 heterocycles. The quantitative estimate of drug-likeness (QED) is 0.776. The number of Topliss-reactive ketones (excluding diaryl/α,β-unsaturated/α-hetero) is 1. The molecular weight excluding hydrogens is 256 g/mol. The molecule has 1 aromatic heterocycles. The molecule has 1 aliphatic rings. The Labute approximate surface area is 120 Å². The summed E-state index contributed by atoms with van der Waals surface area (Å²) in [7, 11) is 0. The highest BCUT2D eigenvalue weighted by Gasteiger charge is 2.19. The van der Waals surface area contributed by atoms with E-state index in [0.717, 1.165) is 35.0 Å². The molecule has 4 heteroatoms. The summed E-state index contributed by atoms with van der Waals surface area (Å²) in [5.74, 6) is 0.159. The molecule has 0 N–H and O–H groups in total. The SMILES string of the molecule is CCc1nc(CCN2CCCCC2C)sc1C(C)=O. The van der Waals surface area contributed by atoms with Crippen LogP contribution in [0.2, 0.25) is 0 Å². The predicted octanol–water partition coefficient (Wildman–Crippen LogP) is 3.33. The van der Waals surface area contributed by atoms with Gasteiger partial charge in [-0.1, -0.05) is 13.3 Å². The van der Waals surface area contributed by atoms with Gasteiger partial charge in [0.25, 0.3) is 0 Å². The van der Waals surface area contributed by atoms with Gasteiger partial charge in [0.1, 0.15) is 0 Å². The third kappa shape index (κ3) is 3.63. The lowest BCUT2D eigenvalue weighted by Gasteiger charge is -2.32. The number of hydrogen-bond donors (Lipinski definition) is 0. The van der Waals surface area contributed by atoms with Crippen molar-refractivity contribution in [2.24, 2.45) is 0 Å². The van der Waals surface area contributed by atoms with Crippen molar-refractivity contribution < 1.29 is 4.79 Å². The van der Waals surface area contributed by atoms with Crippen molar-refractivity contribution >= 4 is 17.1 Å². The third-order valence-corrected chi connectivity index (χ3v) is 5.21. The second-order valence-corrected chi connectivity index (χ2v) is 6.51.